The second kappa shape index (κ2) is 11.8. The van der Waals surface area contributed by atoms with Crippen LogP contribution in [0, 0.1) is 0 Å². The minimum atomic E-state index is -4.46. The highest BCUT2D eigenvalue weighted by atomic mass is 19.4. The molecule has 0 unspecified atom stereocenters. The Hall–Kier alpha value is -3.02. The molecule has 0 spiro atoms. The van der Waals surface area contributed by atoms with Gasteiger partial charge in [-0.1, -0.05) is 0 Å². The summed E-state index contributed by atoms with van der Waals surface area (Å²) in [7, 11) is 0. The van der Waals surface area contributed by atoms with Gasteiger partial charge in [0.15, 0.2) is 0 Å². The van der Waals surface area contributed by atoms with Gasteiger partial charge in [-0.25, -0.2) is 0 Å². The number of halogens is 6. The first-order valence-corrected chi connectivity index (χ1v) is 12.7. The van der Waals surface area contributed by atoms with Gasteiger partial charge in [-0.05, 0) is 56.1 Å². The zero-order valence-corrected chi connectivity index (χ0v) is 20.9. The second-order valence-corrected chi connectivity index (χ2v) is 9.76. The molecule has 3 heterocycles. The van der Waals surface area contributed by atoms with Crippen molar-refractivity contribution < 1.29 is 31.1 Å². The summed E-state index contributed by atoms with van der Waals surface area (Å²) < 4.78 is 77.2. The van der Waals surface area contributed by atoms with Crippen LogP contribution in [0.15, 0.2) is 42.7 Å². The Morgan fingerprint density at radius 1 is 0.921 bits per heavy atom. The van der Waals surface area contributed by atoms with E-state index in [0.29, 0.717) is 39.0 Å². The zero-order chi connectivity index (χ0) is 27.3. The van der Waals surface area contributed by atoms with E-state index in [2.05, 4.69) is 20.1 Å². The molecular weight excluding hydrogens is 512 g/mol. The van der Waals surface area contributed by atoms with E-state index in [-0.39, 0.29) is 17.6 Å². The van der Waals surface area contributed by atoms with Crippen LogP contribution in [-0.4, -0.2) is 72.5 Å². The molecule has 2 fully saturated rings. The summed E-state index contributed by atoms with van der Waals surface area (Å²) >= 11 is 0. The Kier molecular flexibility index (Phi) is 8.69. The average molecular weight is 544 g/mol. The van der Waals surface area contributed by atoms with Crippen LogP contribution < -0.4 is 10.2 Å². The fourth-order valence-electron chi connectivity index (χ4n) is 4.93. The third kappa shape index (κ3) is 7.52. The third-order valence-electron chi connectivity index (χ3n) is 7.01. The number of hydrogen-bond donors (Lipinski definition) is 1. The SMILES string of the molecule is O=C(CCCN1CCN(c2ccc(C(F)(F)F)cc2)CC1)N1CCC[C@H](Nc2cncc(C(F)(F)F)c2)C1. The molecule has 2 aliphatic heterocycles. The Labute approximate surface area is 217 Å². The highest BCUT2D eigenvalue weighted by Crippen LogP contribution is 2.31. The van der Waals surface area contributed by atoms with E-state index in [0.717, 1.165) is 62.6 Å². The van der Waals surface area contributed by atoms with Crippen LogP contribution in [0.1, 0.15) is 36.8 Å². The number of nitrogens with one attached hydrogen (secondary N) is 1. The van der Waals surface area contributed by atoms with Crippen molar-refractivity contribution in [1.29, 1.82) is 0 Å². The maximum atomic E-state index is 13.0. The molecule has 2 saturated heterocycles. The summed E-state index contributed by atoms with van der Waals surface area (Å²) in [5, 5.41) is 3.09. The van der Waals surface area contributed by atoms with Crippen molar-refractivity contribution in [2.24, 2.45) is 0 Å². The quantitative estimate of drug-likeness (QED) is 0.492. The molecule has 0 bridgehead atoms. The molecule has 0 saturated carbocycles. The monoisotopic (exact) mass is 543 g/mol. The van der Waals surface area contributed by atoms with Crippen LogP contribution in [0.2, 0.25) is 0 Å². The summed E-state index contributed by atoms with van der Waals surface area (Å²) in [6, 6.07) is 6.10. The van der Waals surface area contributed by atoms with Crippen LogP contribution in [0.25, 0.3) is 0 Å². The first-order chi connectivity index (χ1) is 18.0. The minimum absolute atomic E-state index is 0.0297. The number of anilines is 2. The number of nitrogens with zero attached hydrogens (tertiary/aromatic N) is 4. The summed E-state index contributed by atoms with van der Waals surface area (Å²) in [6.07, 6.45) is -4.08. The number of carbonyl (C=O) groups excluding carboxylic acids is 1. The molecule has 2 aliphatic rings. The van der Waals surface area contributed by atoms with Gasteiger partial charge in [0.1, 0.15) is 0 Å². The number of piperazine rings is 1. The lowest BCUT2D eigenvalue weighted by molar-refractivity contribution is -0.138. The fraction of sp³-hybridized carbons (Fsp3) is 0.538. The van der Waals surface area contributed by atoms with E-state index >= 15 is 0 Å². The first kappa shape index (κ1) is 28.0. The Morgan fingerprint density at radius 3 is 2.26 bits per heavy atom. The number of benzene rings is 1. The largest absolute Gasteiger partial charge is 0.417 e. The Morgan fingerprint density at radius 2 is 1.61 bits per heavy atom. The number of amides is 1. The van der Waals surface area contributed by atoms with Gasteiger partial charge in [-0.15, -0.1) is 0 Å². The van der Waals surface area contributed by atoms with Gasteiger partial charge in [-0.2, -0.15) is 26.3 Å². The zero-order valence-electron chi connectivity index (χ0n) is 20.9. The maximum absolute atomic E-state index is 13.0. The molecule has 0 radical (unpaired) electrons. The summed E-state index contributed by atoms with van der Waals surface area (Å²) in [5.74, 6) is 0.0297. The first-order valence-electron chi connectivity index (χ1n) is 12.7. The van der Waals surface area contributed by atoms with Gasteiger partial charge in [-0.3, -0.25) is 14.7 Å². The number of alkyl halides is 6. The molecule has 6 nitrogen and oxygen atoms in total. The van der Waals surface area contributed by atoms with Gasteiger partial charge in [0.25, 0.3) is 0 Å². The lowest BCUT2D eigenvalue weighted by atomic mass is 10.0. The predicted molar refractivity (Wildman–Crippen MR) is 132 cm³/mol. The molecular formula is C26H31F6N5O. The van der Waals surface area contributed by atoms with Gasteiger partial charge in [0.2, 0.25) is 5.91 Å². The molecule has 12 heteroatoms. The number of carbonyl (C=O) groups is 1. The fourth-order valence-corrected chi connectivity index (χ4v) is 4.93. The summed E-state index contributed by atoms with van der Waals surface area (Å²) in [4.78, 5) is 22.5. The number of aromatic nitrogens is 1. The van der Waals surface area contributed by atoms with Crippen molar-refractivity contribution in [3.8, 4) is 0 Å². The molecule has 1 amide bonds. The number of piperidine rings is 1. The van der Waals surface area contributed by atoms with Crippen LogP contribution in [0.4, 0.5) is 37.7 Å². The van der Waals surface area contributed by atoms with Gasteiger partial charge in [0, 0.05) is 69.8 Å². The van der Waals surface area contributed by atoms with Gasteiger partial charge < -0.3 is 15.1 Å². The predicted octanol–water partition coefficient (Wildman–Crippen LogP) is 5.12. The Bertz CT molecular complexity index is 1070. The molecule has 4 rings (SSSR count). The summed E-state index contributed by atoms with van der Waals surface area (Å²) in [6.45, 7) is 4.72. The van der Waals surface area contributed by atoms with E-state index in [1.807, 2.05) is 0 Å². The third-order valence-corrected chi connectivity index (χ3v) is 7.01. The van der Waals surface area contributed by atoms with Crippen LogP contribution in [0.3, 0.4) is 0 Å². The van der Waals surface area contributed by atoms with Crippen LogP contribution in [-0.2, 0) is 17.1 Å². The molecule has 1 atom stereocenters. The van der Waals surface area contributed by atoms with Crippen molar-refractivity contribution in [1.82, 2.24) is 14.8 Å². The van der Waals surface area contributed by atoms with Crippen molar-refractivity contribution >= 4 is 17.3 Å². The lowest BCUT2D eigenvalue weighted by Gasteiger charge is -2.36. The minimum Gasteiger partial charge on any atom is -0.379 e. The smallest absolute Gasteiger partial charge is 0.379 e. The number of rotatable bonds is 7. The van der Waals surface area contributed by atoms with Crippen molar-refractivity contribution in [3.63, 3.8) is 0 Å². The van der Waals surface area contributed by atoms with Crippen molar-refractivity contribution in [3.05, 3.63) is 53.9 Å². The number of pyridine rings is 1. The molecule has 38 heavy (non-hydrogen) atoms. The molecule has 1 aromatic heterocycles. The second-order valence-electron chi connectivity index (χ2n) is 9.76. The molecule has 1 aromatic carbocycles. The van der Waals surface area contributed by atoms with Crippen LogP contribution in [0.5, 0.6) is 0 Å². The van der Waals surface area contributed by atoms with E-state index < -0.39 is 23.5 Å². The number of hydrogen-bond acceptors (Lipinski definition) is 5. The van der Waals surface area contributed by atoms with E-state index in [1.54, 1.807) is 4.90 Å². The molecule has 0 aliphatic carbocycles. The topological polar surface area (TPSA) is 51.7 Å². The van der Waals surface area contributed by atoms with Crippen molar-refractivity contribution in [2.45, 2.75) is 44.1 Å². The van der Waals surface area contributed by atoms with E-state index in [1.165, 1.54) is 18.3 Å². The van der Waals surface area contributed by atoms with Crippen molar-refractivity contribution in [2.75, 3.05) is 56.0 Å². The lowest BCUT2D eigenvalue weighted by Crippen LogP contribution is -2.47. The summed E-state index contributed by atoms with van der Waals surface area (Å²) in [5.41, 5.74) is -0.420. The maximum Gasteiger partial charge on any atom is 0.417 e. The van der Waals surface area contributed by atoms with Gasteiger partial charge in [0.05, 0.1) is 16.8 Å². The van der Waals surface area contributed by atoms with E-state index in [4.69, 9.17) is 0 Å². The van der Waals surface area contributed by atoms with Gasteiger partial charge >= 0.3 is 12.4 Å². The molecule has 2 aromatic rings. The highest BCUT2D eigenvalue weighted by Gasteiger charge is 2.32. The standard InChI is InChI=1S/C26H31F6N5O/c27-25(28,29)19-5-7-23(8-6-19)36-13-11-35(12-14-36)9-2-4-24(38)37-10-1-3-21(18-37)34-22-15-20(16-33-17-22)26(30,31)32/h5-8,15-17,21,34H,1-4,9-14,18H2/t21-/m0/s1. The molecule has 1 N–H and O–H groups in total. The van der Waals surface area contributed by atoms with E-state index in [9.17, 15) is 31.1 Å². The molecule has 208 valence electrons. The number of likely N-dealkylation sites (tertiary alicyclic amines) is 1. The Balaban J connectivity index is 1.18. The highest BCUT2D eigenvalue weighted by molar-refractivity contribution is 5.76. The normalized spacial score (nSPS) is 19.5. The van der Waals surface area contributed by atoms with Crippen LogP contribution >= 0.6 is 0 Å². The average Bonchev–Trinajstić information content (AvgIpc) is 2.88.